The summed E-state index contributed by atoms with van der Waals surface area (Å²) in [7, 11) is 21.5. The molecule has 0 aliphatic carbocycles. The van der Waals surface area contributed by atoms with Gasteiger partial charge in [0.15, 0.2) is 0 Å². The molecule has 1 atom stereocenters. The molecule has 0 bridgehead atoms. The topological polar surface area (TPSA) is 16.2 Å². The molecule has 0 rings (SSSR count). The second-order valence-corrected chi connectivity index (χ2v) is 6.50. The van der Waals surface area contributed by atoms with E-state index in [0.717, 1.165) is 0 Å². The zero-order valence-electron chi connectivity index (χ0n) is 14.9. The van der Waals surface area contributed by atoms with Gasteiger partial charge in [-0.15, -0.1) is 0 Å². The minimum absolute atomic E-state index is 0.140. The van der Waals surface area contributed by atoms with Gasteiger partial charge in [-0.25, -0.2) is 0 Å². The Hall–Kier alpha value is -0.200. The maximum absolute atomic E-state index is 2.32. The maximum Gasteiger partial charge on any atom is 0.135 e. The molecule has 0 fully saturated rings. The van der Waals surface area contributed by atoms with Gasteiger partial charge in [0.1, 0.15) is 5.79 Å². The van der Waals surface area contributed by atoms with Gasteiger partial charge in [0.05, 0.1) is 6.17 Å². The van der Waals surface area contributed by atoms with Gasteiger partial charge in [-0.1, -0.05) is 6.92 Å². The van der Waals surface area contributed by atoms with Crippen molar-refractivity contribution in [3.8, 4) is 0 Å². The van der Waals surface area contributed by atoms with Crippen LogP contribution in [0.4, 0.5) is 0 Å². The van der Waals surface area contributed by atoms with E-state index in [-0.39, 0.29) is 5.79 Å². The summed E-state index contributed by atoms with van der Waals surface area (Å²) in [5.74, 6) is 0.261. The molecule has 0 aliphatic heterocycles. The highest BCUT2D eigenvalue weighted by atomic mass is 15.5. The first-order valence-electron chi connectivity index (χ1n) is 6.86. The predicted octanol–water partition coefficient (Wildman–Crippen LogP) is 0.410. The summed E-state index contributed by atoms with van der Waals surface area (Å²) in [5.41, 5.74) is 0. The third-order valence-corrected chi connectivity index (χ3v) is 4.09. The smallest absolute Gasteiger partial charge is 0.135 e. The van der Waals surface area contributed by atoms with Crippen LogP contribution >= 0.6 is 0 Å². The van der Waals surface area contributed by atoms with Crippen molar-refractivity contribution in [2.45, 2.75) is 18.9 Å². The highest BCUT2D eigenvalue weighted by Gasteiger charge is 2.47. The van der Waals surface area contributed by atoms with Crippen LogP contribution in [0, 0.1) is 5.92 Å². The van der Waals surface area contributed by atoms with Crippen molar-refractivity contribution in [3.05, 3.63) is 0 Å². The number of nitrogens with zero attached hydrogens (tertiary/aromatic N) is 5. The van der Waals surface area contributed by atoms with Gasteiger partial charge in [0.25, 0.3) is 0 Å². The third kappa shape index (κ3) is 3.47. The SMILES string of the molecule is CC(C(N(C)C)N(C)C)C(N(C)C)(N(C)C)N(C)C. The Morgan fingerprint density at radius 3 is 1.00 bits per heavy atom. The van der Waals surface area contributed by atoms with Crippen LogP contribution in [0.15, 0.2) is 0 Å². The van der Waals surface area contributed by atoms with Gasteiger partial charge in [0.2, 0.25) is 0 Å². The van der Waals surface area contributed by atoms with Crippen molar-refractivity contribution in [2.24, 2.45) is 5.92 Å². The predicted molar refractivity (Wildman–Crippen MR) is 84.1 cm³/mol. The molecule has 0 aromatic heterocycles. The van der Waals surface area contributed by atoms with Crippen LogP contribution in [0.25, 0.3) is 0 Å². The average Bonchev–Trinajstić information content (AvgIpc) is 2.13. The molecule has 0 aliphatic rings. The molecule has 0 heterocycles. The molecule has 0 saturated carbocycles. The van der Waals surface area contributed by atoms with Crippen LogP contribution in [-0.2, 0) is 0 Å². The highest BCUT2D eigenvalue weighted by Crippen LogP contribution is 2.32. The Labute approximate surface area is 120 Å². The standard InChI is InChI=1S/C14H35N5/c1-12(13(15(2)3)16(4)5)14(17(6)7,18(8)9)19(10)11/h12-13H,1-11H3. The molecule has 5 heteroatoms. The van der Waals surface area contributed by atoms with Gasteiger partial charge >= 0.3 is 0 Å². The summed E-state index contributed by atoms with van der Waals surface area (Å²) >= 11 is 0. The lowest BCUT2D eigenvalue weighted by Crippen LogP contribution is -2.71. The van der Waals surface area contributed by atoms with Crippen LogP contribution in [-0.4, -0.2) is 107 Å². The van der Waals surface area contributed by atoms with E-state index in [4.69, 9.17) is 0 Å². The lowest BCUT2D eigenvalue weighted by molar-refractivity contribution is -0.175. The van der Waals surface area contributed by atoms with Crippen LogP contribution in [0.3, 0.4) is 0 Å². The van der Waals surface area contributed by atoms with E-state index in [1.807, 2.05) is 0 Å². The average molecular weight is 273 g/mol. The van der Waals surface area contributed by atoms with Crippen LogP contribution in [0.1, 0.15) is 6.92 Å². The van der Waals surface area contributed by atoms with Gasteiger partial charge < -0.3 is 0 Å². The minimum atomic E-state index is -0.140. The lowest BCUT2D eigenvalue weighted by Gasteiger charge is -2.56. The summed E-state index contributed by atoms with van der Waals surface area (Å²) in [4.78, 5) is 11.5. The van der Waals surface area contributed by atoms with E-state index >= 15 is 0 Å². The van der Waals surface area contributed by atoms with Crippen molar-refractivity contribution in [1.29, 1.82) is 0 Å². The molecular weight excluding hydrogens is 238 g/mol. The van der Waals surface area contributed by atoms with Crippen molar-refractivity contribution in [1.82, 2.24) is 24.5 Å². The Balaban J connectivity index is 5.72. The normalized spacial score (nSPS) is 15.6. The summed E-state index contributed by atoms with van der Waals surface area (Å²) < 4.78 is 0. The number of hydrogen-bond acceptors (Lipinski definition) is 5. The van der Waals surface area contributed by atoms with E-state index in [2.05, 4.69) is 102 Å². The van der Waals surface area contributed by atoms with Gasteiger partial charge in [-0.2, -0.15) is 0 Å². The zero-order valence-corrected chi connectivity index (χ0v) is 14.9. The Morgan fingerprint density at radius 2 is 0.842 bits per heavy atom. The second kappa shape index (κ2) is 6.99. The molecule has 5 nitrogen and oxygen atoms in total. The molecular formula is C14H35N5. The van der Waals surface area contributed by atoms with E-state index in [1.165, 1.54) is 0 Å². The number of hydrogen-bond donors (Lipinski definition) is 0. The van der Waals surface area contributed by atoms with Gasteiger partial charge in [-0.05, 0) is 70.5 Å². The van der Waals surface area contributed by atoms with Crippen molar-refractivity contribution < 1.29 is 0 Å². The molecule has 0 N–H and O–H groups in total. The first-order valence-corrected chi connectivity index (χ1v) is 6.86. The minimum Gasteiger partial charge on any atom is -0.294 e. The fraction of sp³-hybridized carbons (Fsp3) is 1.00. The first kappa shape index (κ1) is 18.8. The second-order valence-electron chi connectivity index (χ2n) is 6.50. The fourth-order valence-electron chi connectivity index (χ4n) is 3.98. The Kier molecular flexibility index (Phi) is 6.92. The van der Waals surface area contributed by atoms with Crippen molar-refractivity contribution >= 4 is 0 Å². The largest absolute Gasteiger partial charge is 0.294 e. The van der Waals surface area contributed by atoms with Gasteiger partial charge in [0, 0.05) is 5.92 Å². The van der Waals surface area contributed by atoms with E-state index in [1.54, 1.807) is 0 Å². The quantitative estimate of drug-likeness (QED) is 0.623. The molecule has 0 saturated heterocycles. The van der Waals surface area contributed by atoms with Crippen LogP contribution in [0.5, 0.6) is 0 Å². The molecule has 116 valence electrons. The van der Waals surface area contributed by atoms with Gasteiger partial charge in [-0.3, -0.25) is 24.5 Å². The molecule has 0 radical (unpaired) electrons. The third-order valence-electron chi connectivity index (χ3n) is 4.09. The van der Waals surface area contributed by atoms with Crippen molar-refractivity contribution in [3.63, 3.8) is 0 Å². The van der Waals surface area contributed by atoms with E-state index in [9.17, 15) is 0 Å². The number of rotatable bonds is 7. The van der Waals surface area contributed by atoms with Crippen LogP contribution < -0.4 is 0 Å². The highest BCUT2D eigenvalue weighted by molar-refractivity contribution is 4.92. The summed E-state index contributed by atoms with van der Waals surface area (Å²) in [5, 5.41) is 0. The molecule has 0 spiro atoms. The zero-order chi connectivity index (χ0) is 15.5. The Morgan fingerprint density at radius 1 is 0.579 bits per heavy atom. The maximum atomic E-state index is 2.32. The Bertz CT molecular complexity index is 231. The summed E-state index contributed by atoms with van der Waals surface area (Å²) in [6, 6.07) is 0. The van der Waals surface area contributed by atoms with Crippen molar-refractivity contribution in [2.75, 3.05) is 70.5 Å². The summed E-state index contributed by atoms with van der Waals surface area (Å²) in [6.45, 7) is 2.32. The first-order chi connectivity index (χ1) is 8.51. The van der Waals surface area contributed by atoms with E-state index < -0.39 is 0 Å². The molecule has 1 unspecified atom stereocenters. The monoisotopic (exact) mass is 273 g/mol. The molecule has 0 aromatic rings. The molecule has 0 aromatic carbocycles. The fourth-order valence-corrected chi connectivity index (χ4v) is 3.98. The molecule has 0 amide bonds. The van der Waals surface area contributed by atoms with E-state index in [0.29, 0.717) is 12.1 Å². The van der Waals surface area contributed by atoms with Crippen LogP contribution in [0.2, 0.25) is 0 Å². The lowest BCUT2D eigenvalue weighted by atomic mass is 9.94. The summed E-state index contributed by atoms with van der Waals surface area (Å²) in [6.07, 6.45) is 0.354. The molecule has 19 heavy (non-hydrogen) atoms.